The highest BCUT2D eigenvalue weighted by molar-refractivity contribution is 5.92. The molecule has 1 atom stereocenters. The van der Waals surface area contributed by atoms with Gasteiger partial charge in [-0.15, -0.1) is 0 Å². The van der Waals surface area contributed by atoms with E-state index in [1.165, 1.54) is 16.8 Å². The van der Waals surface area contributed by atoms with Crippen LogP contribution >= 0.6 is 0 Å². The van der Waals surface area contributed by atoms with Crippen LogP contribution in [0.1, 0.15) is 49.3 Å². The van der Waals surface area contributed by atoms with E-state index < -0.39 is 0 Å². The van der Waals surface area contributed by atoms with Crippen molar-refractivity contribution in [2.24, 2.45) is 5.92 Å². The fourth-order valence-electron chi connectivity index (χ4n) is 2.45. The predicted octanol–water partition coefficient (Wildman–Crippen LogP) is 2.78. The first-order chi connectivity index (χ1) is 11.0. The number of rotatable bonds is 6. The summed E-state index contributed by atoms with van der Waals surface area (Å²) in [6.45, 7) is 6.59. The van der Waals surface area contributed by atoms with Crippen molar-refractivity contribution in [1.29, 1.82) is 0 Å². The van der Waals surface area contributed by atoms with Crippen molar-refractivity contribution >= 4 is 5.91 Å². The normalized spacial score (nSPS) is 12.2. The molecule has 0 fully saturated rings. The number of hydrogen-bond donors (Lipinski definition) is 1. The zero-order chi connectivity index (χ0) is 16.8. The summed E-state index contributed by atoms with van der Waals surface area (Å²) in [6.07, 6.45) is 0.788. The predicted molar refractivity (Wildman–Crippen MR) is 90.3 cm³/mol. The number of nitrogens with zero attached hydrogens (tertiary/aromatic N) is 2. The molecule has 122 valence electrons. The molecule has 1 unspecified atom stereocenters. The van der Waals surface area contributed by atoms with Gasteiger partial charge in [0.15, 0.2) is 0 Å². The van der Waals surface area contributed by atoms with Crippen LogP contribution in [0.2, 0.25) is 0 Å². The van der Waals surface area contributed by atoms with Gasteiger partial charge in [0.25, 0.3) is 11.5 Å². The van der Waals surface area contributed by atoms with Gasteiger partial charge < -0.3 is 5.32 Å². The van der Waals surface area contributed by atoms with Gasteiger partial charge in [-0.1, -0.05) is 51.1 Å². The fraction of sp³-hybridized carbons (Fsp3) is 0.389. The van der Waals surface area contributed by atoms with Gasteiger partial charge in [-0.05, 0) is 24.0 Å². The van der Waals surface area contributed by atoms with E-state index in [1.807, 2.05) is 37.3 Å². The average Bonchev–Trinajstić information content (AvgIpc) is 2.55. The summed E-state index contributed by atoms with van der Waals surface area (Å²) in [5.41, 5.74) is 1.13. The van der Waals surface area contributed by atoms with E-state index in [0.717, 1.165) is 12.0 Å². The lowest BCUT2D eigenvalue weighted by molar-refractivity contribution is 0.0918. The van der Waals surface area contributed by atoms with Crippen LogP contribution in [-0.4, -0.2) is 15.7 Å². The summed E-state index contributed by atoms with van der Waals surface area (Å²) < 4.78 is 1.34. The molecule has 2 aromatic rings. The van der Waals surface area contributed by atoms with Gasteiger partial charge >= 0.3 is 0 Å². The Hall–Kier alpha value is -2.43. The van der Waals surface area contributed by atoms with Crippen LogP contribution in [0.4, 0.5) is 0 Å². The van der Waals surface area contributed by atoms with Gasteiger partial charge in [0.2, 0.25) is 0 Å². The number of carbonyl (C=O) groups is 1. The van der Waals surface area contributed by atoms with Crippen molar-refractivity contribution in [3.8, 4) is 0 Å². The smallest absolute Gasteiger partial charge is 0.272 e. The summed E-state index contributed by atoms with van der Waals surface area (Å²) >= 11 is 0. The summed E-state index contributed by atoms with van der Waals surface area (Å²) in [6, 6.07) is 12.6. The molecule has 2 rings (SSSR count). The fourth-order valence-corrected chi connectivity index (χ4v) is 2.45. The van der Waals surface area contributed by atoms with Gasteiger partial charge in [0.05, 0.1) is 6.04 Å². The van der Waals surface area contributed by atoms with Gasteiger partial charge in [-0.3, -0.25) is 9.59 Å². The first-order valence-corrected chi connectivity index (χ1v) is 7.97. The highest BCUT2D eigenvalue weighted by Crippen LogP contribution is 2.21. The van der Waals surface area contributed by atoms with Gasteiger partial charge in [0.1, 0.15) is 5.69 Å². The Balaban J connectivity index is 2.22. The van der Waals surface area contributed by atoms with Crippen molar-refractivity contribution in [3.63, 3.8) is 0 Å². The van der Waals surface area contributed by atoms with Crippen LogP contribution in [0.15, 0.2) is 47.3 Å². The minimum atomic E-state index is -0.266. The number of hydrogen-bond acceptors (Lipinski definition) is 3. The van der Waals surface area contributed by atoms with Crippen molar-refractivity contribution in [3.05, 3.63) is 64.1 Å². The molecule has 5 heteroatoms. The van der Waals surface area contributed by atoms with Gasteiger partial charge in [0, 0.05) is 12.6 Å². The minimum Gasteiger partial charge on any atom is -0.344 e. The molecule has 0 aliphatic carbocycles. The molecule has 0 aliphatic heterocycles. The summed E-state index contributed by atoms with van der Waals surface area (Å²) in [4.78, 5) is 24.2. The van der Waals surface area contributed by atoms with Crippen molar-refractivity contribution in [1.82, 2.24) is 15.1 Å². The highest BCUT2D eigenvalue weighted by Gasteiger charge is 2.20. The first-order valence-electron chi connectivity index (χ1n) is 7.97. The van der Waals surface area contributed by atoms with Crippen molar-refractivity contribution < 1.29 is 4.79 Å². The zero-order valence-electron chi connectivity index (χ0n) is 13.8. The Labute approximate surface area is 136 Å². The van der Waals surface area contributed by atoms with E-state index >= 15 is 0 Å². The number of nitrogens with one attached hydrogen (secondary N) is 1. The monoisotopic (exact) mass is 313 g/mol. The molecule has 0 aliphatic rings. The molecule has 1 amide bonds. The van der Waals surface area contributed by atoms with Crippen molar-refractivity contribution in [2.45, 2.75) is 39.8 Å². The summed E-state index contributed by atoms with van der Waals surface area (Å²) in [5.74, 6) is -0.0275. The Kier molecular flexibility index (Phi) is 5.68. The molecule has 0 saturated heterocycles. The maximum Gasteiger partial charge on any atom is 0.272 e. The van der Waals surface area contributed by atoms with Crippen LogP contribution in [-0.2, 0) is 6.54 Å². The molecular weight excluding hydrogens is 290 g/mol. The molecule has 1 heterocycles. The molecule has 5 nitrogen and oxygen atoms in total. The number of amides is 1. The summed E-state index contributed by atoms with van der Waals surface area (Å²) in [7, 11) is 0. The summed E-state index contributed by atoms with van der Waals surface area (Å²) in [5, 5.41) is 7.18. The van der Waals surface area contributed by atoms with Crippen LogP contribution in [0.3, 0.4) is 0 Å². The number of carbonyl (C=O) groups excluding carboxylic acids is 1. The van der Waals surface area contributed by atoms with E-state index in [1.54, 1.807) is 0 Å². The van der Waals surface area contributed by atoms with E-state index in [9.17, 15) is 9.59 Å². The van der Waals surface area contributed by atoms with Crippen molar-refractivity contribution in [2.75, 3.05) is 0 Å². The molecule has 23 heavy (non-hydrogen) atoms. The molecular formula is C18H23N3O2. The molecule has 1 N–H and O–H groups in total. The Bertz CT molecular complexity index is 708. The lowest BCUT2D eigenvalue weighted by Crippen LogP contribution is -2.34. The van der Waals surface area contributed by atoms with Crippen LogP contribution in [0, 0.1) is 5.92 Å². The van der Waals surface area contributed by atoms with Crippen LogP contribution in [0.5, 0.6) is 0 Å². The van der Waals surface area contributed by atoms with Gasteiger partial charge in [-0.25, -0.2) is 4.68 Å². The number of benzene rings is 1. The van der Waals surface area contributed by atoms with Crippen LogP contribution in [0.25, 0.3) is 0 Å². The number of aromatic nitrogens is 2. The van der Waals surface area contributed by atoms with E-state index in [2.05, 4.69) is 24.3 Å². The third-order valence-electron chi connectivity index (χ3n) is 3.65. The maximum atomic E-state index is 12.5. The Morgan fingerprint density at radius 3 is 2.48 bits per heavy atom. The molecule has 0 bridgehead atoms. The second-order valence-corrected chi connectivity index (χ2v) is 5.89. The molecule has 0 saturated carbocycles. The average molecular weight is 313 g/mol. The van der Waals surface area contributed by atoms with Gasteiger partial charge in [-0.2, -0.15) is 5.10 Å². The first kappa shape index (κ1) is 16.9. The molecule has 0 spiro atoms. The lowest BCUT2D eigenvalue weighted by Gasteiger charge is -2.22. The Morgan fingerprint density at radius 2 is 1.87 bits per heavy atom. The second-order valence-electron chi connectivity index (χ2n) is 5.89. The lowest BCUT2D eigenvalue weighted by atomic mass is 9.96. The maximum absolute atomic E-state index is 12.5. The topological polar surface area (TPSA) is 64.0 Å². The second kappa shape index (κ2) is 7.72. The largest absolute Gasteiger partial charge is 0.344 e. The molecule has 0 radical (unpaired) electrons. The highest BCUT2D eigenvalue weighted by atomic mass is 16.2. The number of aryl methyl sites for hydroxylation is 1. The molecule has 1 aromatic carbocycles. The SMILES string of the molecule is CCCn1nc(C(=O)NC(c2ccccc2)C(C)C)ccc1=O. The van der Waals surface area contributed by atoms with E-state index in [4.69, 9.17) is 0 Å². The van der Waals surface area contributed by atoms with E-state index in [0.29, 0.717) is 6.54 Å². The Morgan fingerprint density at radius 1 is 1.17 bits per heavy atom. The third-order valence-corrected chi connectivity index (χ3v) is 3.65. The standard InChI is InChI=1S/C18H23N3O2/c1-4-12-21-16(22)11-10-15(20-21)18(23)19-17(13(2)3)14-8-6-5-7-9-14/h5-11,13,17H,4,12H2,1-3H3,(H,19,23). The quantitative estimate of drug-likeness (QED) is 0.892. The van der Waals surface area contributed by atoms with Crippen LogP contribution < -0.4 is 10.9 Å². The minimum absolute atomic E-state index is 0.1000. The zero-order valence-corrected chi connectivity index (χ0v) is 13.8. The molecule has 1 aromatic heterocycles. The van der Waals surface area contributed by atoms with E-state index in [-0.39, 0.29) is 29.1 Å². The third kappa shape index (κ3) is 4.28.